The number of halogens is 1. The largest absolute Gasteiger partial charge is 0.310 e. The molecule has 96 valence electrons. The van der Waals surface area contributed by atoms with Crippen LogP contribution in [0.4, 0.5) is 4.39 Å². The van der Waals surface area contributed by atoms with Gasteiger partial charge < -0.3 is 5.32 Å². The van der Waals surface area contributed by atoms with Crippen LogP contribution in [0.1, 0.15) is 24.9 Å². The SMILES string of the molecule is C[C@H](NCCCS(C)(=O)=O)c1cccc(F)c1. The van der Waals surface area contributed by atoms with E-state index >= 15 is 0 Å². The Labute approximate surface area is 102 Å². The van der Waals surface area contributed by atoms with Crippen molar-refractivity contribution >= 4 is 9.84 Å². The third-order valence-electron chi connectivity index (χ3n) is 2.49. The molecule has 0 saturated carbocycles. The summed E-state index contributed by atoms with van der Waals surface area (Å²) in [4.78, 5) is 0. The van der Waals surface area contributed by atoms with Crippen molar-refractivity contribution in [2.24, 2.45) is 0 Å². The third kappa shape index (κ3) is 5.79. The number of hydrogen-bond acceptors (Lipinski definition) is 3. The highest BCUT2D eigenvalue weighted by Crippen LogP contribution is 2.13. The minimum absolute atomic E-state index is 0.0188. The number of nitrogens with one attached hydrogen (secondary N) is 1. The fraction of sp³-hybridized carbons (Fsp3) is 0.500. The van der Waals surface area contributed by atoms with Crippen molar-refractivity contribution in [3.05, 3.63) is 35.6 Å². The van der Waals surface area contributed by atoms with E-state index in [0.717, 1.165) is 5.56 Å². The lowest BCUT2D eigenvalue weighted by atomic mass is 10.1. The van der Waals surface area contributed by atoms with E-state index in [1.807, 2.05) is 13.0 Å². The second-order valence-corrected chi connectivity index (χ2v) is 6.47. The molecule has 5 heteroatoms. The Balaban J connectivity index is 2.38. The van der Waals surface area contributed by atoms with E-state index < -0.39 is 9.84 Å². The fourth-order valence-electron chi connectivity index (χ4n) is 1.55. The van der Waals surface area contributed by atoms with Gasteiger partial charge in [0.1, 0.15) is 15.7 Å². The fourth-order valence-corrected chi connectivity index (χ4v) is 2.22. The highest BCUT2D eigenvalue weighted by atomic mass is 32.2. The van der Waals surface area contributed by atoms with Gasteiger partial charge in [-0.3, -0.25) is 0 Å². The molecule has 1 N–H and O–H groups in total. The van der Waals surface area contributed by atoms with E-state index in [0.29, 0.717) is 13.0 Å². The van der Waals surface area contributed by atoms with Crippen LogP contribution in [0, 0.1) is 5.82 Å². The van der Waals surface area contributed by atoms with Crippen molar-refractivity contribution in [1.29, 1.82) is 0 Å². The number of hydrogen-bond donors (Lipinski definition) is 1. The third-order valence-corrected chi connectivity index (χ3v) is 3.52. The van der Waals surface area contributed by atoms with Gasteiger partial charge in [-0.2, -0.15) is 0 Å². The monoisotopic (exact) mass is 259 g/mol. The maximum absolute atomic E-state index is 13.0. The molecule has 1 aromatic rings. The molecule has 0 spiro atoms. The van der Waals surface area contributed by atoms with E-state index in [-0.39, 0.29) is 17.6 Å². The second kappa shape index (κ2) is 6.12. The molecule has 1 atom stereocenters. The summed E-state index contributed by atoms with van der Waals surface area (Å²) in [6, 6.07) is 6.41. The molecule has 17 heavy (non-hydrogen) atoms. The average molecular weight is 259 g/mol. The standard InChI is InChI=1S/C12H18FNO2S/c1-10(11-5-3-6-12(13)9-11)14-7-4-8-17(2,15)16/h3,5-6,9-10,14H,4,7-8H2,1-2H3/t10-/m0/s1. The lowest BCUT2D eigenvalue weighted by molar-refractivity contribution is 0.556. The van der Waals surface area contributed by atoms with Crippen LogP contribution in [0.25, 0.3) is 0 Å². The molecular weight excluding hydrogens is 241 g/mol. The lowest BCUT2D eigenvalue weighted by Gasteiger charge is -2.13. The van der Waals surface area contributed by atoms with E-state index in [1.165, 1.54) is 18.4 Å². The minimum atomic E-state index is -2.89. The van der Waals surface area contributed by atoms with Gasteiger partial charge in [-0.25, -0.2) is 12.8 Å². The molecule has 3 nitrogen and oxygen atoms in total. The molecule has 0 saturated heterocycles. The lowest BCUT2D eigenvalue weighted by Crippen LogP contribution is -2.21. The van der Waals surface area contributed by atoms with Crippen molar-refractivity contribution in [3.63, 3.8) is 0 Å². The molecular formula is C12H18FNO2S. The van der Waals surface area contributed by atoms with Gasteiger partial charge in [-0.1, -0.05) is 12.1 Å². The smallest absolute Gasteiger partial charge is 0.147 e. The molecule has 0 radical (unpaired) electrons. The molecule has 0 aliphatic heterocycles. The first-order chi connectivity index (χ1) is 7.88. The van der Waals surface area contributed by atoms with E-state index in [9.17, 15) is 12.8 Å². The van der Waals surface area contributed by atoms with Crippen LogP contribution < -0.4 is 5.32 Å². The number of rotatable bonds is 6. The maximum atomic E-state index is 13.0. The number of sulfone groups is 1. The summed E-state index contributed by atoms with van der Waals surface area (Å²) < 4.78 is 34.8. The summed E-state index contributed by atoms with van der Waals surface area (Å²) in [6.45, 7) is 2.53. The summed E-state index contributed by atoms with van der Waals surface area (Å²) in [5, 5.41) is 3.17. The maximum Gasteiger partial charge on any atom is 0.147 e. The summed E-state index contributed by atoms with van der Waals surface area (Å²) in [7, 11) is -2.89. The molecule has 0 aliphatic carbocycles. The van der Waals surface area contributed by atoms with Crippen LogP contribution in [0.2, 0.25) is 0 Å². The first-order valence-electron chi connectivity index (χ1n) is 5.55. The van der Waals surface area contributed by atoms with Crippen LogP contribution in [0.5, 0.6) is 0 Å². The van der Waals surface area contributed by atoms with E-state index in [2.05, 4.69) is 5.32 Å². The van der Waals surface area contributed by atoms with Crippen molar-refractivity contribution in [2.45, 2.75) is 19.4 Å². The molecule has 0 bridgehead atoms. The Morgan fingerprint density at radius 2 is 2.12 bits per heavy atom. The zero-order valence-electron chi connectivity index (χ0n) is 10.1. The van der Waals surface area contributed by atoms with Crippen molar-refractivity contribution in [1.82, 2.24) is 5.32 Å². The first kappa shape index (κ1) is 14.1. The Hall–Kier alpha value is -0.940. The molecule has 0 heterocycles. The van der Waals surface area contributed by atoms with Gasteiger partial charge in [0.2, 0.25) is 0 Å². The van der Waals surface area contributed by atoms with E-state index in [1.54, 1.807) is 6.07 Å². The average Bonchev–Trinajstić information content (AvgIpc) is 2.23. The van der Waals surface area contributed by atoms with Gasteiger partial charge in [0, 0.05) is 12.3 Å². The zero-order valence-corrected chi connectivity index (χ0v) is 10.9. The van der Waals surface area contributed by atoms with Gasteiger partial charge >= 0.3 is 0 Å². The van der Waals surface area contributed by atoms with Crippen LogP contribution in [0.15, 0.2) is 24.3 Å². The van der Waals surface area contributed by atoms with Crippen LogP contribution >= 0.6 is 0 Å². The van der Waals surface area contributed by atoms with Crippen molar-refractivity contribution < 1.29 is 12.8 Å². The zero-order chi connectivity index (χ0) is 12.9. The Kier molecular flexibility index (Phi) is 5.08. The molecule has 0 unspecified atom stereocenters. The highest BCUT2D eigenvalue weighted by Gasteiger charge is 2.06. The molecule has 0 aromatic heterocycles. The Bertz CT molecular complexity index is 459. The van der Waals surface area contributed by atoms with Crippen molar-refractivity contribution in [3.8, 4) is 0 Å². The minimum Gasteiger partial charge on any atom is -0.310 e. The van der Waals surface area contributed by atoms with Gasteiger partial charge in [-0.05, 0) is 37.6 Å². The van der Waals surface area contributed by atoms with Gasteiger partial charge in [0.25, 0.3) is 0 Å². The molecule has 0 aliphatic rings. The normalized spacial score (nSPS) is 13.6. The second-order valence-electron chi connectivity index (χ2n) is 4.21. The predicted octanol–water partition coefficient (Wildman–Crippen LogP) is 1.91. The van der Waals surface area contributed by atoms with Crippen LogP contribution in [0.3, 0.4) is 0 Å². The van der Waals surface area contributed by atoms with Gasteiger partial charge in [0.05, 0.1) is 5.75 Å². The molecule has 0 fully saturated rings. The predicted molar refractivity (Wildman–Crippen MR) is 67.1 cm³/mol. The van der Waals surface area contributed by atoms with Gasteiger partial charge in [0.15, 0.2) is 0 Å². The molecule has 0 amide bonds. The topological polar surface area (TPSA) is 46.2 Å². The summed E-state index contributed by atoms with van der Waals surface area (Å²) in [5.74, 6) is -0.0807. The Morgan fingerprint density at radius 3 is 2.71 bits per heavy atom. The quantitative estimate of drug-likeness (QED) is 0.794. The van der Waals surface area contributed by atoms with Crippen LogP contribution in [-0.2, 0) is 9.84 Å². The highest BCUT2D eigenvalue weighted by molar-refractivity contribution is 7.90. The van der Waals surface area contributed by atoms with Crippen LogP contribution in [-0.4, -0.2) is 27.0 Å². The van der Waals surface area contributed by atoms with E-state index in [4.69, 9.17) is 0 Å². The Morgan fingerprint density at radius 1 is 1.41 bits per heavy atom. The first-order valence-corrected chi connectivity index (χ1v) is 7.61. The summed E-state index contributed by atoms with van der Waals surface area (Å²) in [5.41, 5.74) is 0.865. The number of benzene rings is 1. The molecule has 1 aromatic carbocycles. The molecule has 1 rings (SSSR count). The summed E-state index contributed by atoms with van der Waals surface area (Å²) >= 11 is 0. The summed E-state index contributed by atoms with van der Waals surface area (Å²) in [6.07, 6.45) is 1.79. The van der Waals surface area contributed by atoms with Gasteiger partial charge in [-0.15, -0.1) is 0 Å². The van der Waals surface area contributed by atoms with Crippen molar-refractivity contribution in [2.75, 3.05) is 18.6 Å².